The van der Waals surface area contributed by atoms with Gasteiger partial charge in [0, 0.05) is 0 Å². The van der Waals surface area contributed by atoms with Gasteiger partial charge in [-0.05, 0) is 44.7 Å². The minimum absolute atomic E-state index is 0.0930. The van der Waals surface area contributed by atoms with Crippen molar-refractivity contribution in [1.82, 2.24) is 10.6 Å². The van der Waals surface area contributed by atoms with E-state index in [4.69, 9.17) is 0 Å². The number of rotatable bonds is 6. The maximum absolute atomic E-state index is 12.4. The highest BCUT2D eigenvalue weighted by atomic mass is 16.4. The summed E-state index contributed by atoms with van der Waals surface area (Å²) in [5, 5.41) is 15.2. The summed E-state index contributed by atoms with van der Waals surface area (Å²) in [6, 6.07) is -0.772. The molecule has 1 aliphatic heterocycles. The van der Waals surface area contributed by atoms with E-state index in [0.29, 0.717) is 6.42 Å². The van der Waals surface area contributed by atoms with Crippen molar-refractivity contribution in [1.29, 1.82) is 0 Å². The summed E-state index contributed by atoms with van der Waals surface area (Å²) < 4.78 is 0. The van der Waals surface area contributed by atoms with E-state index in [1.165, 1.54) is 0 Å². The Labute approximate surface area is 115 Å². The van der Waals surface area contributed by atoms with Gasteiger partial charge in [-0.3, -0.25) is 4.79 Å². The first kappa shape index (κ1) is 16.0. The molecule has 1 saturated heterocycles. The Bertz CT molecular complexity index is 323. The van der Waals surface area contributed by atoms with Gasteiger partial charge in [0.15, 0.2) is 0 Å². The Morgan fingerprint density at radius 2 is 1.89 bits per heavy atom. The van der Waals surface area contributed by atoms with Crippen LogP contribution in [0.3, 0.4) is 0 Å². The highest BCUT2D eigenvalue weighted by Gasteiger charge is 2.39. The summed E-state index contributed by atoms with van der Waals surface area (Å²) in [6.07, 6.45) is 2.79. The van der Waals surface area contributed by atoms with Gasteiger partial charge < -0.3 is 15.7 Å². The van der Waals surface area contributed by atoms with Crippen LogP contribution in [0.15, 0.2) is 0 Å². The normalized spacial score (nSPS) is 20.0. The molecule has 1 amide bonds. The summed E-state index contributed by atoms with van der Waals surface area (Å²) in [6.45, 7) is 7.57. The first-order chi connectivity index (χ1) is 8.91. The van der Waals surface area contributed by atoms with Crippen molar-refractivity contribution in [2.24, 2.45) is 11.3 Å². The molecule has 1 aliphatic rings. The molecule has 0 aromatic heterocycles. The average Bonchev–Trinajstić information content (AvgIpc) is 2.38. The van der Waals surface area contributed by atoms with Crippen LogP contribution in [0.1, 0.15) is 46.5 Å². The third kappa shape index (κ3) is 4.20. The number of carboxylic acids is 1. The smallest absolute Gasteiger partial charge is 0.326 e. The fourth-order valence-corrected chi connectivity index (χ4v) is 2.65. The second-order valence-electron chi connectivity index (χ2n) is 5.88. The second kappa shape index (κ2) is 6.89. The van der Waals surface area contributed by atoms with Gasteiger partial charge in [0.25, 0.3) is 0 Å². The van der Waals surface area contributed by atoms with Gasteiger partial charge in [0.05, 0.1) is 5.41 Å². The molecule has 0 bridgehead atoms. The molecular formula is C14H26N2O3. The third-order valence-corrected chi connectivity index (χ3v) is 4.03. The molecule has 0 aromatic rings. The number of hydrogen-bond donors (Lipinski definition) is 3. The minimum atomic E-state index is -0.942. The number of carboxylic acid groups (broad SMARTS) is 1. The molecule has 0 unspecified atom stereocenters. The summed E-state index contributed by atoms with van der Waals surface area (Å²) in [5.41, 5.74) is -0.393. The van der Waals surface area contributed by atoms with Crippen molar-refractivity contribution in [3.8, 4) is 0 Å². The number of aliphatic carboxylic acids is 1. The molecule has 0 saturated carbocycles. The number of nitrogens with one attached hydrogen (secondary N) is 2. The summed E-state index contributed by atoms with van der Waals surface area (Å²) in [7, 11) is 0. The predicted octanol–water partition coefficient (Wildman–Crippen LogP) is 1.38. The van der Waals surface area contributed by atoms with E-state index in [2.05, 4.69) is 10.6 Å². The Hall–Kier alpha value is -1.10. The molecule has 1 heterocycles. The van der Waals surface area contributed by atoms with E-state index in [-0.39, 0.29) is 11.8 Å². The Balaban J connectivity index is 2.71. The van der Waals surface area contributed by atoms with Crippen LogP contribution in [0.2, 0.25) is 0 Å². The number of piperidine rings is 1. The van der Waals surface area contributed by atoms with Crippen LogP contribution in [-0.2, 0) is 9.59 Å². The average molecular weight is 270 g/mol. The zero-order valence-electron chi connectivity index (χ0n) is 12.2. The standard InChI is InChI=1S/C14H26N2O3/c1-4-14(5-7-15-8-6-14)13(19)16-11(12(17)18)9-10(2)3/h10-11,15H,4-9H2,1-3H3,(H,16,19)(H,17,18)/t11-/m1/s1. The van der Waals surface area contributed by atoms with Crippen molar-refractivity contribution < 1.29 is 14.7 Å². The molecule has 5 heteroatoms. The van der Waals surface area contributed by atoms with E-state index in [0.717, 1.165) is 32.4 Å². The Kier molecular flexibility index (Phi) is 5.79. The van der Waals surface area contributed by atoms with Crippen LogP contribution in [0.5, 0.6) is 0 Å². The van der Waals surface area contributed by atoms with Crippen LogP contribution >= 0.6 is 0 Å². The molecule has 110 valence electrons. The van der Waals surface area contributed by atoms with E-state index < -0.39 is 17.4 Å². The highest BCUT2D eigenvalue weighted by molar-refractivity contribution is 5.87. The fraction of sp³-hybridized carbons (Fsp3) is 0.857. The maximum atomic E-state index is 12.4. The number of carbonyl (C=O) groups is 2. The molecule has 0 spiro atoms. The van der Waals surface area contributed by atoms with Crippen molar-refractivity contribution in [3.63, 3.8) is 0 Å². The van der Waals surface area contributed by atoms with E-state index in [1.54, 1.807) is 0 Å². The molecule has 0 aromatic carbocycles. The first-order valence-electron chi connectivity index (χ1n) is 7.16. The van der Waals surface area contributed by atoms with Crippen LogP contribution in [0.25, 0.3) is 0 Å². The first-order valence-corrected chi connectivity index (χ1v) is 7.16. The Morgan fingerprint density at radius 3 is 2.32 bits per heavy atom. The minimum Gasteiger partial charge on any atom is -0.480 e. The van der Waals surface area contributed by atoms with Gasteiger partial charge in [-0.1, -0.05) is 20.8 Å². The molecule has 3 N–H and O–H groups in total. The lowest BCUT2D eigenvalue weighted by molar-refractivity contribution is -0.145. The lowest BCUT2D eigenvalue weighted by atomic mass is 9.75. The summed E-state index contributed by atoms with van der Waals surface area (Å²) in [5.74, 6) is -0.793. The van der Waals surface area contributed by atoms with Crippen LogP contribution in [0.4, 0.5) is 0 Å². The monoisotopic (exact) mass is 270 g/mol. The van der Waals surface area contributed by atoms with Gasteiger partial charge in [-0.25, -0.2) is 4.79 Å². The Morgan fingerprint density at radius 1 is 1.32 bits per heavy atom. The van der Waals surface area contributed by atoms with Gasteiger partial charge >= 0.3 is 5.97 Å². The molecular weight excluding hydrogens is 244 g/mol. The van der Waals surface area contributed by atoms with Crippen LogP contribution < -0.4 is 10.6 Å². The lowest BCUT2D eigenvalue weighted by Gasteiger charge is -2.36. The van der Waals surface area contributed by atoms with E-state index in [1.807, 2.05) is 20.8 Å². The summed E-state index contributed by atoms with van der Waals surface area (Å²) in [4.78, 5) is 23.7. The molecule has 0 radical (unpaired) electrons. The lowest BCUT2D eigenvalue weighted by Crippen LogP contribution is -2.52. The zero-order chi connectivity index (χ0) is 14.5. The maximum Gasteiger partial charge on any atom is 0.326 e. The van der Waals surface area contributed by atoms with Crippen molar-refractivity contribution >= 4 is 11.9 Å². The zero-order valence-corrected chi connectivity index (χ0v) is 12.2. The van der Waals surface area contributed by atoms with E-state index in [9.17, 15) is 14.7 Å². The molecule has 19 heavy (non-hydrogen) atoms. The number of amides is 1. The molecule has 5 nitrogen and oxygen atoms in total. The predicted molar refractivity (Wildman–Crippen MR) is 73.8 cm³/mol. The van der Waals surface area contributed by atoms with Crippen molar-refractivity contribution in [2.75, 3.05) is 13.1 Å². The molecule has 0 aliphatic carbocycles. The van der Waals surface area contributed by atoms with Gasteiger partial charge in [-0.15, -0.1) is 0 Å². The van der Waals surface area contributed by atoms with Crippen LogP contribution in [0, 0.1) is 11.3 Å². The molecule has 1 fully saturated rings. The number of hydrogen-bond acceptors (Lipinski definition) is 3. The largest absolute Gasteiger partial charge is 0.480 e. The SMILES string of the molecule is CCC1(C(=O)N[C@H](CC(C)C)C(=O)O)CCNCC1. The quantitative estimate of drug-likeness (QED) is 0.681. The topological polar surface area (TPSA) is 78.4 Å². The highest BCUT2D eigenvalue weighted by Crippen LogP contribution is 2.32. The van der Waals surface area contributed by atoms with Crippen molar-refractivity contribution in [3.05, 3.63) is 0 Å². The van der Waals surface area contributed by atoms with Gasteiger partial charge in [0.1, 0.15) is 6.04 Å². The molecule has 1 atom stereocenters. The van der Waals surface area contributed by atoms with Crippen molar-refractivity contribution in [2.45, 2.75) is 52.5 Å². The summed E-state index contributed by atoms with van der Waals surface area (Å²) >= 11 is 0. The molecule has 1 rings (SSSR count). The fourth-order valence-electron chi connectivity index (χ4n) is 2.65. The third-order valence-electron chi connectivity index (χ3n) is 4.03. The van der Waals surface area contributed by atoms with Crippen LogP contribution in [-0.4, -0.2) is 36.1 Å². The number of carbonyl (C=O) groups excluding carboxylic acids is 1. The van der Waals surface area contributed by atoms with Gasteiger partial charge in [0.2, 0.25) is 5.91 Å². The second-order valence-corrected chi connectivity index (χ2v) is 5.88. The van der Waals surface area contributed by atoms with Gasteiger partial charge in [-0.2, -0.15) is 0 Å². The van der Waals surface area contributed by atoms with E-state index >= 15 is 0 Å².